The van der Waals surface area contributed by atoms with Crippen molar-refractivity contribution in [2.75, 3.05) is 6.61 Å². The summed E-state index contributed by atoms with van der Waals surface area (Å²) >= 11 is 0. The van der Waals surface area contributed by atoms with Gasteiger partial charge in [-0.3, -0.25) is 0 Å². The van der Waals surface area contributed by atoms with Gasteiger partial charge in [-0.1, -0.05) is 89.5 Å². The van der Waals surface area contributed by atoms with Crippen LogP contribution in [0.2, 0.25) is 0 Å². The molecule has 5 heteroatoms. The number of ether oxygens (including phenoxy) is 3. The van der Waals surface area contributed by atoms with Crippen molar-refractivity contribution in [1.82, 2.24) is 0 Å². The molecule has 2 aromatic rings. The summed E-state index contributed by atoms with van der Waals surface area (Å²) in [6.45, 7) is 8.57. The van der Waals surface area contributed by atoms with Crippen molar-refractivity contribution in [3.63, 3.8) is 0 Å². The van der Waals surface area contributed by atoms with E-state index in [1.54, 1.807) is 19.1 Å². The number of unbranched alkanes of at least 4 members (excludes halogenated alkanes) is 8. The van der Waals surface area contributed by atoms with Crippen LogP contribution in [0.5, 0.6) is 5.75 Å². The maximum absolute atomic E-state index is 12.5. The summed E-state index contributed by atoms with van der Waals surface area (Å²) in [4.78, 5) is 24.8. The van der Waals surface area contributed by atoms with Gasteiger partial charge in [-0.05, 0) is 68.5 Å². The Labute approximate surface area is 223 Å². The molecule has 0 aromatic heterocycles. The highest BCUT2D eigenvalue weighted by Crippen LogP contribution is 2.23. The van der Waals surface area contributed by atoms with Crippen LogP contribution >= 0.6 is 0 Å². The zero-order valence-corrected chi connectivity index (χ0v) is 23.3. The first-order valence-electron chi connectivity index (χ1n) is 14.2. The van der Waals surface area contributed by atoms with Crippen LogP contribution in [0.4, 0.5) is 0 Å². The van der Waals surface area contributed by atoms with Gasteiger partial charge < -0.3 is 14.2 Å². The van der Waals surface area contributed by atoms with Gasteiger partial charge in [0.1, 0.15) is 5.75 Å². The first-order valence-corrected chi connectivity index (χ1v) is 14.2. The van der Waals surface area contributed by atoms with Gasteiger partial charge in [0.15, 0.2) is 6.10 Å². The van der Waals surface area contributed by atoms with Gasteiger partial charge in [0.05, 0.1) is 18.3 Å². The van der Waals surface area contributed by atoms with Gasteiger partial charge in [-0.15, -0.1) is 0 Å². The van der Waals surface area contributed by atoms with Crippen molar-refractivity contribution < 1.29 is 23.8 Å². The smallest absolute Gasteiger partial charge is 0.347 e. The monoisotopic (exact) mass is 510 g/mol. The van der Waals surface area contributed by atoms with Crippen molar-refractivity contribution in [3.8, 4) is 16.9 Å². The van der Waals surface area contributed by atoms with Gasteiger partial charge in [0, 0.05) is 0 Å². The third-order valence-electron chi connectivity index (χ3n) is 6.47. The van der Waals surface area contributed by atoms with Gasteiger partial charge in [-0.2, -0.15) is 0 Å². The van der Waals surface area contributed by atoms with Crippen molar-refractivity contribution >= 4 is 11.9 Å². The quantitative estimate of drug-likeness (QED) is 0.148. The van der Waals surface area contributed by atoms with Gasteiger partial charge in [0.25, 0.3) is 0 Å². The number of benzene rings is 2. The van der Waals surface area contributed by atoms with Crippen LogP contribution in [-0.2, 0) is 14.3 Å². The molecule has 0 fully saturated rings. The minimum Gasteiger partial charge on any atom is -0.494 e. The molecule has 0 heterocycles. The molecule has 37 heavy (non-hydrogen) atoms. The molecule has 0 saturated heterocycles. The molecule has 2 unspecified atom stereocenters. The molecule has 0 radical (unpaired) electrons. The lowest BCUT2D eigenvalue weighted by Crippen LogP contribution is -2.29. The molecule has 0 aliphatic heterocycles. The van der Waals surface area contributed by atoms with Crippen LogP contribution in [0.25, 0.3) is 11.1 Å². The molecular weight excluding hydrogens is 464 g/mol. The van der Waals surface area contributed by atoms with Crippen molar-refractivity contribution in [2.45, 2.75) is 111 Å². The van der Waals surface area contributed by atoms with E-state index in [1.807, 2.05) is 43.3 Å². The second-order valence-electron chi connectivity index (χ2n) is 9.86. The molecule has 5 nitrogen and oxygen atoms in total. The predicted molar refractivity (Wildman–Crippen MR) is 150 cm³/mol. The fourth-order valence-corrected chi connectivity index (χ4v) is 4.10. The average Bonchev–Trinajstić information content (AvgIpc) is 2.91. The Morgan fingerprint density at radius 1 is 0.676 bits per heavy atom. The summed E-state index contributed by atoms with van der Waals surface area (Å²) in [6, 6.07) is 15.2. The second kappa shape index (κ2) is 17.6. The zero-order chi connectivity index (χ0) is 26.9. The fraction of sp³-hybridized carbons (Fsp3) is 0.562. The number of carbonyl (C=O) groups excluding carboxylic acids is 2. The summed E-state index contributed by atoms with van der Waals surface area (Å²) < 4.78 is 16.7. The van der Waals surface area contributed by atoms with Gasteiger partial charge in [0.2, 0.25) is 0 Å². The minimum atomic E-state index is -0.950. The Hall–Kier alpha value is -2.82. The number of hydrogen-bond acceptors (Lipinski definition) is 5. The van der Waals surface area contributed by atoms with Crippen LogP contribution in [0.3, 0.4) is 0 Å². The first-order chi connectivity index (χ1) is 17.9. The predicted octanol–water partition coefficient (Wildman–Crippen LogP) is 8.54. The van der Waals surface area contributed by atoms with E-state index in [2.05, 4.69) is 13.8 Å². The Balaban J connectivity index is 1.77. The Kier molecular flexibility index (Phi) is 14.5. The van der Waals surface area contributed by atoms with E-state index in [-0.39, 0.29) is 6.10 Å². The molecular formula is C32H46O5. The molecule has 0 bridgehead atoms. The summed E-state index contributed by atoms with van der Waals surface area (Å²) in [5, 5.41) is 0. The number of esters is 2. The third kappa shape index (κ3) is 11.8. The highest BCUT2D eigenvalue weighted by Gasteiger charge is 2.22. The highest BCUT2D eigenvalue weighted by atomic mass is 16.6. The lowest BCUT2D eigenvalue weighted by Gasteiger charge is -2.17. The van der Waals surface area contributed by atoms with E-state index in [4.69, 9.17) is 14.2 Å². The molecule has 0 spiro atoms. The van der Waals surface area contributed by atoms with E-state index < -0.39 is 18.0 Å². The molecule has 0 amide bonds. The molecule has 204 valence electrons. The standard InChI is InChI=1S/C32H46O5/c1-5-7-9-11-12-14-24-35-30-22-20-28(21-23-30)27-16-18-29(19-17-27)32(34)37-26(4)31(33)36-25(3)15-13-10-8-6-2/h16-23,25-26H,5-15,24H2,1-4H3. The maximum Gasteiger partial charge on any atom is 0.347 e. The lowest BCUT2D eigenvalue weighted by atomic mass is 10.0. The Morgan fingerprint density at radius 2 is 1.22 bits per heavy atom. The fourth-order valence-electron chi connectivity index (χ4n) is 4.10. The Morgan fingerprint density at radius 3 is 1.84 bits per heavy atom. The van der Waals surface area contributed by atoms with Gasteiger partial charge >= 0.3 is 11.9 Å². The van der Waals surface area contributed by atoms with Crippen LogP contribution < -0.4 is 4.74 Å². The van der Waals surface area contributed by atoms with E-state index in [9.17, 15) is 9.59 Å². The van der Waals surface area contributed by atoms with Crippen LogP contribution in [0, 0.1) is 0 Å². The highest BCUT2D eigenvalue weighted by molar-refractivity contribution is 5.92. The minimum absolute atomic E-state index is 0.183. The summed E-state index contributed by atoms with van der Waals surface area (Å²) in [5.74, 6) is -0.175. The molecule has 0 saturated carbocycles. The maximum atomic E-state index is 12.5. The SMILES string of the molecule is CCCCCCCCOc1ccc(-c2ccc(C(=O)OC(C)C(=O)OC(C)CCCCCC)cc2)cc1. The molecule has 0 N–H and O–H groups in total. The number of rotatable bonds is 18. The molecule has 2 aromatic carbocycles. The summed E-state index contributed by atoms with van der Waals surface area (Å²) in [7, 11) is 0. The average molecular weight is 511 g/mol. The molecule has 2 rings (SSSR count). The number of hydrogen-bond donors (Lipinski definition) is 0. The zero-order valence-electron chi connectivity index (χ0n) is 23.3. The second-order valence-corrected chi connectivity index (χ2v) is 9.86. The summed E-state index contributed by atoms with van der Waals surface area (Å²) in [5.41, 5.74) is 2.43. The normalized spacial score (nSPS) is 12.5. The number of carbonyl (C=O) groups is 2. The third-order valence-corrected chi connectivity index (χ3v) is 6.47. The van der Waals surface area contributed by atoms with Crippen molar-refractivity contribution in [2.24, 2.45) is 0 Å². The van der Waals surface area contributed by atoms with Gasteiger partial charge in [-0.25, -0.2) is 9.59 Å². The van der Waals surface area contributed by atoms with Crippen molar-refractivity contribution in [1.29, 1.82) is 0 Å². The van der Waals surface area contributed by atoms with E-state index in [1.165, 1.54) is 44.9 Å². The molecule has 0 aliphatic rings. The first kappa shape index (κ1) is 30.4. The van der Waals surface area contributed by atoms with Crippen molar-refractivity contribution in [3.05, 3.63) is 54.1 Å². The molecule has 0 aliphatic carbocycles. The molecule has 2 atom stereocenters. The van der Waals surface area contributed by atoms with Crippen LogP contribution in [-0.4, -0.2) is 30.8 Å². The van der Waals surface area contributed by atoms with E-state index in [0.717, 1.165) is 49.2 Å². The summed E-state index contributed by atoms with van der Waals surface area (Å²) in [6.07, 6.45) is 11.7. The largest absolute Gasteiger partial charge is 0.494 e. The van der Waals surface area contributed by atoms with E-state index in [0.29, 0.717) is 5.56 Å². The topological polar surface area (TPSA) is 61.8 Å². The van der Waals surface area contributed by atoms with Crippen LogP contribution in [0.15, 0.2) is 48.5 Å². The Bertz CT molecular complexity index is 904. The lowest BCUT2D eigenvalue weighted by molar-refractivity contribution is -0.158. The van der Waals surface area contributed by atoms with E-state index >= 15 is 0 Å². The van der Waals surface area contributed by atoms with Crippen LogP contribution in [0.1, 0.15) is 109 Å².